The van der Waals surface area contributed by atoms with Crippen molar-refractivity contribution in [1.29, 1.82) is 0 Å². The molecule has 0 radical (unpaired) electrons. The van der Waals surface area contributed by atoms with Crippen molar-refractivity contribution in [1.82, 2.24) is 4.90 Å². The van der Waals surface area contributed by atoms with Gasteiger partial charge in [0.15, 0.2) is 0 Å². The predicted molar refractivity (Wildman–Crippen MR) is 110 cm³/mol. The van der Waals surface area contributed by atoms with Crippen LogP contribution in [-0.2, 0) is 0 Å². The lowest BCUT2D eigenvalue weighted by atomic mass is 9.95. The standard InChI is InChI=1S/C23H24ClNO3/c24-18-6-7-20-17(9-18)8-15(13-28-20)10-25-11-21(27)23(14-25)19(12-26)22(23)16-4-2-1-3-5-16/h1-9,19,21-22,26-27H,10-14H2/t19-,21+,22-,23-/m1/s1. The number of ether oxygens (including phenoxy) is 1. The summed E-state index contributed by atoms with van der Waals surface area (Å²) >= 11 is 6.11. The summed E-state index contributed by atoms with van der Waals surface area (Å²) in [5.41, 5.74) is 3.15. The summed E-state index contributed by atoms with van der Waals surface area (Å²) < 4.78 is 5.87. The van der Waals surface area contributed by atoms with Gasteiger partial charge in [0.25, 0.3) is 0 Å². The lowest BCUT2D eigenvalue weighted by molar-refractivity contribution is 0.111. The number of β-amino-alcohol motifs (C(OH)–C–C–N with tert-alkyl or cyclic N) is 1. The topological polar surface area (TPSA) is 52.9 Å². The normalized spacial score (nSPS) is 31.4. The van der Waals surface area contributed by atoms with Crippen LogP contribution in [0.25, 0.3) is 6.08 Å². The summed E-state index contributed by atoms with van der Waals surface area (Å²) in [6, 6.07) is 15.9. The molecule has 28 heavy (non-hydrogen) atoms. The Balaban J connectivity index is 1.34. The fourth-order valence-corrected chi connectivity index (χ4v) is 5.54. The van der Waals surface area contributed by atoms with E-state index in [0.29, 0.717) is 18.2 Å². The highest BCUT2D eigenvalue weighted by molar-refractivity contribution is 6.30. The van der Waals surface area contributed by atoms with Gasteiger partial charge in [-0.25, -0.2) is 0 Å². The molecule has 5 rings (SSSR count). The van der Waals surface area contributed by atoms with Gasteiger partial charge in [-0.05, 0) is 47.2 Å². The molecular weight excluding hydrogens is 374 g/mol. The summed E-state index contributed by atoms with van der Waals surface area (Å²) in [7, 11) is 0. The molecule has 5 heteroatoms. The average molecular weight is 398 g/mol. The van der Waals surface area contributed by atoms with E-state index in [1.807, 2.05) is 36.4 Å². The summed E-state index contributed by atoms with van der Waals surface area (Å²) in [4.78, 5) is 2.29. The van der Waals surface area contributed by atoms with Crippen molar-refractivity contribution < 1.29 is 14.9 Å². The molecule has 1 saturated heterocycles. The van der Waals surface area contributed by atoms with Crippen molar-refractivity contribution in [2.24, 2.45) is 11.3 Å². The van der Waals surface area contributed by atoms with Gasteiger partial charge in [0.05, 0.1) is 6.10 Å². The van der Waals surface area contributed by atoms with Crippen LogP contribution in [0, 0.1) is 11.3 Å². The Labute approximate surface area is 170 Å². The largest absolute Gasteiger partial charge is 0.489 e. The molecule has 2 heterocycles. The van der Waals surface area contributed by atoms with E-state index in [2.05, 4.69) is 23.1 Å². The molecule has 2 aromatic carbocycles. The molecule has 0 aromatic heterocycles. The molecule has 2 aromatic rings. The molecule has 1 spiro atoms. The number of halogens is 1. The summed E-state index contributed by atoms with van der Waals surface area (Å²) in [6.45, 7) is 2.84. The molecule has 2 fully saturated rings. The van der Waals surface area contributed by atoms with Gasteiger partial charge in [0, 0.05) is 42.2 Å². The number of likely N-dealkylation sites (tertiary alicyclic amines) is 1. The first kappa shape index (κ1) is 18.2. The number of fused-ring (bicyclic) bond motifs is 1. The van der Waals surface area contributed by atoms with Crippen LogP contribution in [-0.4, -0.2) is 54.1 Å². The number of benzene rings is 2. The summed E-state index contributed by atoms with van der Waals surface area (Å²) in [6.07, 6.45) is 1.72. The van der Waals surface area contributed by atoms with E-state index < -0.39 is 6.10 Å². The number of rotatable bonds is 4. The molecule has 2 aliphatic heterocycles. The third-order valence-electron chi connectivity index (χ3n) is 6.64. The van der Waals surface area contributed by atoms with Crippen LogP contribution in [0.3, 0.4) is 0 Å². The highest BCUT2D eigenvalue weighted by atomic mass is 35.5. The lowest BCUT2D eigenvalue weighted by Gasteiger charge is -2.22. The zero-order chi connectivity index (χ0) is 19.3. The minimum absolute atomic E-state index is 0.113. The molecule has 2 N–H and O–H groups in total. The second-order valence-electron chi connectivity index (χ2n) is 8.25. The van der Waals surface area contributed by atoms with Crippen molar-refractivity contribution in [2.45, 2.75) is 12.0 Å². The smallest absolute Gasteiger partial charge is 0.127 e. The van der Waals surface area contributed by atoms with Crippen LogP contribution < -0.4 is 4.74 Å². The quantitative estimate of drug-likeness (QED) is 0.832. The molecule has 0 bridgehead atoms. The highest BCUT2D eigenvalue weighted by Gasteiger charge is 2.70. The van der Waals surface area contributed by atoms with Crippen molar-refractivity contribution in [2.75, 3.05) is 32.8 Å². The SMILES string of the molecule is OC[C@@H]1[C@@H](c2ccccc2)[C@]12CN(CC1=Cc3cc(Cl)ccc3OC1)C[C@@H]2O. The van der Waals surface area contributed by atoms with E-state index in [4.69, 9.17) is 16.3 Å². The maximum absolute atomic E-state index is 10.9. The van der Waals surface area contributed by atoms with E-state index >= 15 is 0 Å². The van der Waals surface area contributed by atoms with Gasteiger partial charge in [-0.3, -0.25) is 4.90 Å². The van der Waals surface area contributed by atoms with Gasteiger partial charge >= 0.3 is 0 Å². The number of aliphatic hydroxyl groups excluding tert-OH is 2. The monoisotopic (exact) mass is 397 g/mol. The Hall–Kier alpha value is -1.85. The van der Waals surface area contributed by atoms with Crippen molar-refractivity contribution >= 4 is 17.7 Å². The van der Waals surface area contributed by atoms with Crippen LogP contribution in [0.5, 0.6) is 5.75 Å². The highest BCUT2D eigenvalue weighted by Crippen LogP contribution is 2.68. The molecule has 0 amide bonds. The second kappa shape index (κ2) is 6.89. The van der Waals surface area contributed by atoms with Gasteiger partial charge in [-0.2, -0.15) is 0 Å². The molecule has 0 unspecified atom stereocenters. The predicted octanol–water partition coefficient (Wildman–Crippen LogP) is 3.18. The van der Waals surface area contributed by atoms with E-state index in [9.17, 15) is 10.2 Å². The third kappa shape index (κ3) is 2.87. The average Bonchev–Trinajstić information content (AvgIpc) is 3.25. The maximum Gasteiger partial charge on any atom is 0.127 e. The van der Waals surface area contributed by atoms with Crippen molar-refractivity contribution in [3.63, 3.8) is 0 Å². The Kier molecular flexibility index (Phi) is 4.48. The number of nitrogens with zero attached hydrogens (tertiary/aromatic N) is 1. The fourth-order valence-electron chi connectivity index (χ4n) is 5.36. The first-order valence-corrected chi connectivity index (χ1v) is 10.2. The first-order chi connectivity index (χ1) is 13.6. The van der Waals surface area contributed by atoms with E-state index in [-0.39, 0.29) is 23.9 Å². The molecule has 146 valence electrons. The Bertz CT molecular complexity index is 915. The minimum atomic E-state index is -0.429. The van der Waals surface area contributed by atoms with Crippen molar-refractivity contribution in [3.8, 4) is 5.75 Å². The van der Waals surface area contributed by atoms with E-state index in [1.54, 1.807) is 0 Å². The van der Waals surface area contributed by atoms with Gasteiger partial charge in [-0.1, -0.05) is 41.9 Å². The van der Waals surface area contributed by atoms with Crippen molar-refractivity contribution in [3.05, 3.63) is 70.3 Å². The fraction of sp³-hybridized carbons (Fsp3) is 0.391. The van der Waals surface area contributed by atoms with E-state index in [0.717, 1.165) is 24.4 Å². The number of aliphatic hydroxyl groups is 2. The maximum atomic E-state index is 10.9. The summed E-state index contributed by atoms with van der Waals surface area (Å²) in [5.74, 6) is 1.19. The second-order valence-corrected chi connectivity index (χ2v) is 8.69. The first-order valence-electron chi connectivity index (χ1n) is 9.80. The third-order valence-corrected chi connectivity index (χ3v) is 6.87. The summed E-state index contributed by atoms with van der Waals surface area (Å²) in [5, 5.41) is 21.6. The van der Waals surface area contributed by atoms with Gasteiger partial charge in [0.2, 0.25) is 0 Å². The molecular formula is C23H24ClNO3. The van der Waals surface area contributed by atoms with Crippen LogP contribution >= 0.6 is 11.6 Å². The number of hydrogen-bond donors (Lipinski definition) is 2. The number of hydrogen-bond acceptors (Lipinski definition) is 4. The zero-order valence-corrected chi connectivity index (χ0v) is 16.3. The van der Waals surface area contributed by atoms with Gasteiger partial charge in [0.1, 0.15) is 12.4 Å². The van der Waals surface area contributed by atoms with Crippen LogP contribution in [0.15, 0.2) is 54.1 Å². The Morgan fingerprint density at radius 2 is 2.00 bits per heavy atom. The van der Waals surface area contributed by atoms with E-state index in [1.165, 1.54) is 11.1 Å². The molecule has 1 aliphatic carbocycles. The Morgan fingerprint density at radius 1 is 1.18 bits per heavy atom. The molecule has 1 saturated carbocycles. The van der Waals surface area contributed by atoms with Crippen LogP contribution in [0.1, 0.15) is 17.0 Å². The zero-order valence-electron chi connectivity index (χ0n) is 15.6. The van der Waals surface area contributed by atoms with Gasteiger partial charge in [-0.15, -0.1) is 0 Å². The molecule has 3 aliphatic rings. The van der Waals surface area contributed by atoms with Gasteiger partial charge < -0.3 is 14.9 Å². The Morgan fingerprint density at radius 3 is 2.79 bits per heavy atom. The van der Waals surface area contributed by atoms with Crippen LogP contribution in [0.4, 0.5) is 0 Å². The van der Waals surface area contributed by atoms with Crippen LogP contribution in [0.2, 0.25) is 5.02 Å². The molecule has 4 nitrogen and oxygen atoms in total. The molecule has 4 atom stereocenters. The lowest BCUT2D eigenvalue weighted by Crippen LogP contribution is -2.27. The minimum Gasteiger partial charge on any atom is -0.489 e.